The third-order valence-electron chi connectivity index (χ3n) is 3.65. The van der Waals surface area contributed by atoms with E-state index in [2.05, 4.69) is 11.4 Å². The van der Waals surface area contributed by atoms with Gasteiger partial charge in [0.2, 0.25) is 0 Å². The van der Waals surface area contributed by atoms with Crippen LogP contribution in [0.1, 0.15) is 18.0 Å². The fourth-order valence-corrected chi connectivity index (χ4v) is 2.58. The van der Waals surface area contributed by atoms with E-state index >= 15 is 0 Å². The Morgan fingerprint density at radius 1 is 1.05 bits per heavy atom. The molecule has 0 saturated heterocycles. The molecule has 0 aliphatic carbocycles. The van der Waals surface area contributed by atoms with E-state index in [1.54, 1.807) is 14.2 Å². The fraction of sp³-hybridized carbons (Fsp3) is 0.294. The Bertz CT molecular complexity index is 605. The minimum absolute atomic E-state index is 0.228. The maximum Gasteiger partial charge on any atom is 0.124 e. The zero-order chi connectivity index (χ0) is 14.7. The molecule has 1 aliphatic heterocycles. The van der Waals surface area contributed by atoms with Gasteiger partial charge in [-0.1, -0.05) is 18.2 Å². The van der Waals surface area contributed by atoms with Crippen LogP contribution in [-0.4, -0.2) is 20.8 Å². The van der Waals surface area contributed by atoms with Crippen LogP contribution in [0.15, 0.2) is 42.5 Å². The van der Waals surface area contributed by atoms with Crippen LogP contribution in [0.5, 0.6) is 17.2 Å². The van der Waals surface area contributed by atoms with E-state index in [1.807, 2.05) is 36.4 Å². The fourth-order valence-electron chi connectivity index (χ4n) is 2.58. The van der Waals surface area contributed by atoms with Gasteiger partial charge in [0.05, 0.1) is 26.9 Å². The molecular formula is C17H19NO3. The molecule has 110 valence electrons. The van der Waals surface area contributed by atoms with Gasteiger partial charge in [0.1, 0.15) is 17.2 Å². The number of rotatable bonds is 4. The van der Waals surface area contributed by atoms with Crippen molar-refractivity contribution < 1.29 is 14.2 Å². The number of anilines is 1. The van der Waals surface area contributed by atoms with Crippen LogP contribution in [0, 0.1) is 0 Å². The van der Waals surface area contributed by atoms with Crippen molar-refractivity contribution in [3.8, 4) is 17.2 Å². The number of methoxy groups -OCH3 is 2. The van der Waals surface area contributed by atoms with Crippen molar-refractivity contribution in [2.45, 2.75) is 12.5 Å². The Labute approximate surface area is 124 Å². The quantitative estimate of drug-likeness (QED) is 0.931. The predicted molar refractivity (Wildman–Crippen MR) is 82.5 cm³/mol. The molecule has 4 nitrogen and oxygen atoms in total. The van der Waals surface area contributed by atoms with E-state index in [4.69, 9.17) is 14.2 Å². The molecule has 0 amide bonds. The average molecular weight is 285 g/mol. The third kappa shape index (κ3) is 2.89. The molecule has 1 atom stereocenters. The lowest BCUT2D eigenvalue weighted by Crippen LogP contribution is -2.20. The van der Waals surface area contributed by atoms with Crippen molar-refractivity contribution >= 4 is 5.69 Å². The van der Waals surface area contributed by atoms with Crippen molar-refractivity contribution in [3.63, 3.8) is 0 Å². The van der Waals surface area contributed by atoms with Gasteiger partial charge in [-0.05, 0) is 6.07 Å². The Hall–Kier alpha value is -2.36. The highest BCUT2D eigenvalue weighted by Gasteiger charge is 2.21. The van der Waals surface area contributed by atoms with Crippen molar-refractivity contribution in [2.75, 3.05) is 26.1 Å². The molecule has 1 N–H and O–H groups in total. The maximum absolute atomic E-state index is 5.69. The van der Waals surface area contributed by atoms with Crippen LogP contribution >= 0.6 is 0 Å². The van der Waals surface area contributed by atoms with Crippen LogP contribution in [0.4, 0.5) is 5.69 Å². The van der Waals surface area contributed by atoms with Crippen LogP contribution in [0.25, 0.3) is 0 Å². The molecule has 1 heterocycles. The monoisotopic (exact) mass is 285 g/mol. The van der Waals surface area contributed by atoms with Crippen molar-refractivity contribution in [1.82, 2.24) is 0 Å². The standard InChI is InChI=1S/C17H19NO3/c1-19-13-9-12(10-14(11-13)20-2)18-16-7-8-21-17-6-4-3-5-15(16)17/h3-6,9-11,16,18H,7-8H2,1-2H3. The van der Waals surface area contributed by atoms with Crippen molar-refractivity contribution in [1.29, 1.82) is 0 Å². The van der Waals surface area contributed by atoms with Crippen LogP contribution in [0.2, 0.25) is 0 Å². The van der Waals surface area contributed by atoms with Gasteiger partial charge in [0.25, 0.3) is 0 Å². The van der Waals surface area contributed by atoms with Gasteiger partial charge < -0.3 is 19.5 Å². The first-order chi connectivity index (χ1) is 10.3. The van der Waals surface area contributed by atoms with E-state index < -0.39 is 0 Å². The van der Waals surface area contributed by atoms with Gasteiger partial charge in [-0.15, -0.1) is 0 Å². The second kappa shape index (κ2) is 5.95. The number of para-hydroxylation sites is 1. The first kappa shape index (κ1) is 13.6. The Morgan fingerprint density at radius 2 is 1.76 bits per heavy atom. The number of benzene rings is 2. The van der Waals surface area contributed by atoms with Crippen molar-refractivity contribution in [2.24, 2.45) is 0 Å². The number of hydrogen-bond acceptors (Lipinski definition) is 4. The highest BCUT2D eigenvalue weighted by molar-refractivity contribution is 5.56. The molecule has 0 saturated carbocycles. The van der Waals surface area contributed by atoms with Crippen LogP contribution < -0.4 is 19.5 Å². The first-order valence-corrected chi connectivity index (χ1v) is 7.01. The summed E-state index contributed by atoms with van der Waals surface area (Å²) < 4.78 is 16.3. The van der Waals surface area contributed by atoms with E-state index in [0.29, 0.717) is 0 Å². The van der Waals surface area contributed by atoms with E-state index in [9.17, 15) is 0 Å². The van der Waals surface area contributed by atoms with E-state index in [-0.39, 0.29) is 6.04 Å². The Kier molecular flexibility index (Phi) is 3.86. The lowest BCUT2D eigenvalue weighted by atomic mass is 10.0. The van der Waals surface area contributed by atoms with Crippen LogP contribution in [-0.2, 0) is 0 Å². The largest absolute Gasteiger partial charge is 0.497 e. The molecular weight excluding hydrogens is 266 g/mol. The minimum Gasteiger partial charge on any atom is -0.497 e. The molecule has 0 bridgehead atoms. The van der Waals surface area contributed by atoms with E-state index in [0.717, 1.165) is 36.0 Å². The summed E-state index contributed by atoms with van der Waals surface area (Å²) in [6.07, 6.45) is 0.927. The molecule has 21 heavy (non-hydrogen) atoms. The number of ether oxygens (including phenoxy) is 3. The molecule has 0 radical (unpaired) electrons. The Balaban J connectivity index is 1.87. The van der Waals surface area contributed by atoms with Crippen LogP contribution in [0.3, 0.4) is 0 Å². The Morgan fingerprint density at radius 3 is 2.48 bits per heavy atom. The summed E-state index contributed by atoms with van der Waals surface area (Å²) in [7, 11) is 3.31. The summed E-state index contributed by atoms with van der Waals surface area (Å²) in [5.41, 5.74) is 2.17. The SMILES string of the molecule is COc1cc(NC2CCOc3ccccc32)cc(OC)c1. The van der Waals surface area contributed by atoms with Gasteiger partial charge in [-0.3, -0.25) is 0 Å². The van der Waals surface area contributed by atoms with E-state index in [1.165, 1.54) is 5.56 Å². The summed E-state index contributed by atoms with van der Waals surface area (Å²) in [4.78, 5) is 0. The molecule has 0 fully saturated rings. The summed E-state index contributed by atoms with van der Waals surface area (Å²) in [5.74, 6) is 2.51. The number of hydrogen-bond donors (Lipinski definition) is 1. The first-order valence-electron chi connectivity index (χ1n) is 7.01. The lowest BCUT2D eigenvalue weighted by Gasteiger charge is -2.27. The zero-order valence-electron chi connectivity index (χ0n) is 12.3. The minimum atomic E-state index is 0.228. The van der Waals surface area contributed by atoms with Gasteiger partial charge >= 0.3 is 0 Å². The molecule has 4 heteroatoms. The molecule has 3 rings (SSSR count). The molecule has 0 aromatic heterocycles. The topological polar surface area (TPSA) is 39.7 Å². The summed E-state index contributed by atoms with van der Waals surface area (Å²) in [6.45, 7) is 0.718. The second-order valence-electron chi connectivity index (χ2n) is 4.97. The highest BCUT2D eigenvalue weighted by atomic mass is 16.5. The van der Waals surface area contributed by atoms with Gasteiger partial charge in [-0.25, -0.2) is 0 Å². The summed E-state index contributed by atoms with van der Waals surface area (Å²) in [5, 5.41) is 3.55. The predicted octanol–water partition coefficient (Wildman–Crippen LogP) is 3.64. The summed E-state index contributed by atoms with van der Waals surface area (Å²) >= 11 is 0. The molecule has 1 aliphatic rings. The average Bonchev–Trinajstić information content (AvgIpc) is 2.55. The van der Waals surface area contributed by atoms with Gasteiger partial charge in [0.15, 0.2) is 0 Å². The van der Waals surface area contributed by atoms with Crippen molar-refractivity contribution in [3.05, 3.63) is 48.0 Å². The van der Waals surface area contributed by atoms with Gasteiger partial charge in [-0.2, -0.15) is 0 Å². The summed E-state index contributed by atoms with van der Waals surface area (Å²) in [6, 6.07) is 14.2. The normalized spacial score (nSPS) is 16.6. The smallest absolute Gasteiger partial charge is 0.124 e. The zero-order valence-corrected chi connectivity index (χ0v) is 12.3. The number of fused-ring (bicyclic) bond motifs is 1. The molecule has 0 spiro atoms. The molecule has 1 unspecified atom stereocenters. The second-order valence-corrected chi connectivity index (χ2v) is 4.97. The number of nitrogens with one attached hydrogen (secondary N) is 1. The maximum atomic E-state index is 5.69. The van der Waals surface area contributed by atoms with Gasteiger partial charge in [0, 0.05) is 35.9 Å². The third-order valence-corrected chi connectivity index (χ3v) is 3.65. The molecule has 2 aromatic rings. The lowest BCUT2D eigenvalue weighted by molar-refractivity contribution is 0.274. The highest BCUT2D eigenvalue weighted by Crippen LogP contribution is 2.35. The molecule has 2 aromatic carbocycles.